The summed E-state index contributed by atoms with van der Waals surface area (Å²) >= 11 is 0. The lowest BCUT2D eigenvalue weighted by Crippen LogP contribution is -2.33. The van der Waals surface area contributed by atoms with Crippen LogP contribution < -0.4 is 11.1 Å². The summed E-state index contributed by atoms with van der Waals surface area (Å²) in [6.45, 7) is 2.85. The first-order chi connectivity index (χ1) is 9.17. The number of nitrogens with two attached hydrogens (primary N) is 1. The van der Waals surface area contributed by atoms with Crippen LogP contribution in [0.1, 0.15) is 29.4 Å². The number of pyridine rings is 1. The zero-order valence-electron chi connectivity index (χ0n) is 11.3. The molecule has 3 N–H and O–H groups in total. The van der Waals surface area contributed by atoms with Crippen molar-refractivity contribution >= 4 is 5.91 Å². The third-order valence-electron chi connectivity index (χ3n) is 2.46. The first kappa shape index (κ1) is 15.2. The molecule has 1 unspecified atom stereocenters. The number of amides is 1. The van der Waals surface area contributed by atoms with E-state index in [1.54, 1.807) is 25.4 Å². The van der Waals surface area contributed by atoms with E-state index in [4.69, 9.17) is 10.5 Å². The van der Waals surface area contributed by atoms with Crippen molar-refractivity contribution in [3.8, 4) is 11.8 Å². The third kappa shape index (κ3) is 5.51. The van der Waals surface area contributed by atoms with Gasteiger partial charge in [-0.15, -0.1) is 0 Å². The number of carbonyl (C=O) groups is 1. The fraction of sp³-hybridized carbons (Fsp3) is 0.429. The van der Waals surface area contributed by atoms with E-state index in [0.717, 1.165) is 12.0 Å². The molecule has 0 aliphatic heterocycles. The average molecular weight is 261 g/mol. The summed E-state index contributed by atoms with van der Waals surface area (Å²) in [5.41, 5.74) is 6.40. The van der Waals surface area contributed by atoms with Crippen LogP contribution >= 0.6 is 0 Å². The molecule has 0 aliphatic carbocycles. The van der Waals surface area contributed by atoms with Gasteiger partial charge >= 0.3 is 0 Å². The van der Waals surface area contributed by atoms with E-state index in [1.807, 2.05) is 6.92 Å². The van der Waals surface area contributed by atoms with Crippen LogP contribution in [0.3, 0.4) is 0 Å². The summed E-state index contributed by atoms with van der Waals surface area (Å²) in [5.74, 6) is 5.39. The Hall–Kier alpha value is -1.90. The summed E-state index contributed by atoms with van der Waals surface area (Å²) in [7, 11) is 1.64. The quantitative estimate of drug-likeness (QED) is 0.759. The minimum atomic E-state index is -0.193. The highest BCUT2D eigenvalue weighted by Crippen LogP contribution is 2.00. The Balaban J connectivity index is 2.57. The topological polar surface area (TPSA) is 77.2 Å². The molecule has 0 bridgehead atoms. The van der Waals surface area contributed by atoms with Gasteiger partial charge in [-0.05, 0) is 25.5 Å². The van der Waals surface area contributed by atoms with Crippen LogP contribution in [0.5, 0.6) is 0 Å². The van der Waals surface area contributed by atoms with Crippen molar-refractivity contribution in [3.63, 3.8) is 0 Å². The molecule has 5 heteroatoms. The maximum atomic E-state index is 11.9. The standard InChI is InChI=1S/C14H19N3O2/c1-11(7-9-19-2)17-14(18)13-6-5-12(10-16-13)4-3-8-15/h5-6,10-11H,7-9,15H2,1-2H3,(H,17,18). The van der Waals surface area contributed by atoms with Crippen molar-refractivity contribution in [3.05, 3.63) is 29.6 Å². The molecule has 5 nitrogen and oxygen atoms in total. The van der Waals surface area contributed by atoms with E-state index in [0.29, 0.717) is 18.8 Å². The van der Waals surface area contributed by atoms with Crippen molar-refractivity contribution in [1.82, 2.24) is 10.3 Å². The van der Waals surface area contributed by atoms with Crippen molar-refractivity contribution in [2.24, 2.45) is 5.73 Å². The van der Waals surface area contributed by atoms with Crippen LogP contribution in [-0.2, 0) is 4.74 Å². The molecule has 1 heterocycles. The number of ether oxygens (including phenoxy) is 1. The van der Waals surface area contributed by atoms with Gasteiger partial charge in [-0.3, -0.25) is 4.79 Å². The summed E-state index contributed by atoms with van der Waals surface area (Å²) in [5, 5.41) is 2.86. The van der Waals surface area contributed by atoms with Gasteiger partial charge in [0.2, 0.25) is 0 Å². The molecule has 0 saturated carbocycles. The number of methoxy groups -OCH3 is 1. The van der Waals surface area contributed by atoms with Gasteiger partial charge in [0.15, 0.2) is 0 Å². The van der Waals surface area contributed by atoms with Crippen molar-refractivity contribution in [2.45, 2.75) is 19.4 Å². The number of rotatable bonds is 5. The van der Waals surface area contributed by atoms with E-state index in [1.165, 1.54) is 0 Å². The Kier molecular flexibility index (Phi) is 6.58. The fourth-order valence-electron chi connectivity index (χ4n) is 1.42. The van der Waals surface area contributed by atoms with Crippen LogP contribution in [0.25, 0.3) is 0 Å². The Labute approximate surface area is 113 Å². The molecule has 0 spiro atoms. The molecule has 1 aromatic rings. The van der Waals surface area contributed by atoms with Gasteiger partial charge in [-0.1, -0.05) is 11.8 Å². The van der Waals surface area contributed by atoms with E-state index in [2.05, 4.69) is 22.1 Å². The minimum Gasteiger partial charge on any atom is -0.385 e. The van der Waals surface area contributed by atoms with Gasteiger partial charge in [0, 0.05) is 31.5 Å². The monoisotopic (exact) mass is 261 g/mol. The highest BCUT2D eigenvalue weighted by molar-refractivity contribution is 5.92. The fourth-order valence-corrected chi connectivity index (χ4v) is 1.42. The smallest absolute Gasteiger partial charge is 0.270 e. The average Bonchev–Trinajstić information content (AvgIpc) is 2.43. The molecular formula is C14H19N3O2. The van der Waals surface area contributed by atoms with Crippen LogP contribution in [0.2, 0.25) is 0 Å². The number of nitrogens with zero attached hydrogens (tertiary/aromatic N) is 1. The lowest BCUT2D eigenvalue weighted by molar-refractivity contribution is 0.0924. The summed E-state index contributed by atoms with van der Waals surface area (Å²) < 4.78 is 4.96. The molecule has 0 aromatic carbocycles. The van der Waals surface area contributed by atoms with E-state index >= 15 is 0 Å². The molecule has 0 radical (unpaired) electrons. The molecule has 1 amide bonds. The predicted molar refractivity (Wildman–Crippen MR) is 73.6 cm³/mol. The normalized spacial score (nSPS) is 11.3. The number of nitrogens with one attached hydrogen (secondary N) is 1. The number of carbonyl (C=O) groups excluding carboxylic acids is 1. The van der Waals surface area contributed by atoms with Crippen molar-refractivity contribution in [2.75, 3.05) is 20.3 Å². The minimum absolute atomic E-state index is 0.0472. The number of hydrogen-bond donors (Lipinski definition) is 2. The summed E-state index contributed by atoms with van der Waals surface area (Å²) in [6, 6.07) is 3.45. The lowest BCUT2D eigenvalue weighted by Gasteiger charge is -2.12. The van der Waals surface area contributed by atoms with Gasteiger partial charge in [-0.25, -0.2) is 4.98 Å². The third-order valence-corrected chi connectivity index (χ3v) is 2.46. The first-order valence-electron chi connectivity index (χ1n) is 6.12. The molecule has 0 aliphatic rings. The summed E-state index contributed by atoms with van der Waals surface area (Å²) in [4.78, 5) is 16.0. The Morgan fingerprint density at radius 1 is 1.58 bits per heavy atom. The SMILES string of the molecule is COCCC(C)NC(=O)c1ccc(C#CCN)cn1. The Morgan fingerprint density at radius 2 is 2.37 bits per heavy atom. The number of aromatic nitrogens is 1. The maximum Gasteiger partial charge on any atom is 0.270 e. The Morgan fingerprint density at radius 3 is 2.95 bits per heavy atom. The van der Waals surface area contributed by atoms with Crippen LogP contribution in [0.4, 0.5) is 0 Å². The van der Waals surface area contributed by atoms with Gasteiger partial charge in [-0.2, -0.15) is 0 Å². The van der Waals surface area contributed by atoms with Gasteiger partial charge in [0.1, 0.15) is 5.69 Å². The Bertz CT molecular complexity index is 460. The molecule has 1 atom stereocenters. The van der Waals surface area contributed by atoms with E-state index in [-0.39, 0.29) is 11.9 Å². The van der Waals surface area contributed by atoms with Crippen molar-refractivity contribution in [1.29, 1.82) is 0 Å². The molecule has 19 heavy (non-hydrogen) atoms. The summed E-state index contributed by atoms with van der Waals surface area (Å²) in [6.07, 6.45) is 2.33. The molecular weight excluding hydrogens is 242 g/mol. The second-order valence-corrected chi connectivity index (χ2v) is 4.09. The van der Waals surface area contributed by atoms with E-state index < -0.39 is 0 Å². The van der Waals surface area contributed by atoms with Gasteiger partial charge in [0.25, 0.3) is 5.91 Å². The second-order valence-electron chi connectivity index (χ2n) is 4.09. The van der Waals surface area contributed by atoms with E-state index in [9.17, 15) is 4.79 Å². The highest BCUT2D eigenvalue weighted by atomic mass is 16.5. The molecule has 0 fully saturated rings. The number of hydrogen-bond acceptors (Lipinski definition) is 4. The van der Waals surface area contributed by atoms with Crippen molar-refractivity contribution < 1.29 is 9.53 Å². The highest BCUT2D eigenvalue weighted by Gasteiger charge is 2.10. The molecule has 1 aromatic heterocycles. The zero-order chi connectivity index (χ0) is 14.1. The predicted octanol–water partition coefficient (Wildman–Crippen LogP) is 0.547. The lowest BCUT2D eigenvalue weighted by atomic mass is 10.2. The molecule has 0 saturated heterocycles. The van der Waals surface area contributed by atoms with Crippen LogP contribution in [0.15, 0.2) is 18.3 Å². The molecule has 1 rings (SSSR count). The van der Waals surface area contributed by atoms with Gasteiger partial charge < -0.3 is 15.8 Å². The zero-order valence-corrected chi connectivity index (χ0v) is 11.3. The first-order valence-corrected chi connectivity index (χ1v) is 6.12. The second kappa shape index (κ2) is 8.25. The van der Waals surface area contributed by atoms with Gasteiger partial charge in [0.05, 0.1) is 6.54 Å². The maximum absolute atomic E-state index is 11.9. The van der Waals surface area contributed by atoms with Crippen LogP contribution in [0, 0.1) is 11.8 Å². The largest absolute Gasteiger partial charge is 0.385 e. The molecule has 102 valence electrons. The van der Waals surface area contributed by atoms with Crippen LogP contribution in [-0.4, -0.2) is 37.2 Å².